The highest BCUT2D eigenvalue weighted by Gasteiger charge is 2.50. The molecule has 218 valence electrons. The lowest BCUT2D eigenvalue weighted by Gasteiger charge is -2.46. The summed E-state index contributed by atoms with van der Waals surface area (Å²) in [5, 5.41) is 0. The number of hydrogen-bond acceptors (Lipinski definition) is 6. The highest BCUT2D eigenvalue weighted by atomic mass is 28.5. The third-order valence-corrected chi connectivity index (χ3v) is 31.1. The molecule has 6 nitrogen and oxygen atoms in total. The Labute approximate surface area is 233 Å². The molecule has 13 heteroatoms. The van der Waals surface area contributed by atoms with E-state index in [1.165, 1.54) is 44.6 Å². The van der Waals surface area contributed by atoms with Crippen molar-refractivity contribution in [2.24, 2.45) is 0 Å². The summed E-state index contributed by atoms with van der Waals surface area (Å²) < 4.78 is 37.5. The molecular formula is C23H62O6Si7. The van der Waals surface area contributed by atoms with Crippen molar-refractivity contribution in [2.45, 2.75) is 150 Å². The third kappa shape index (κ3) is 19.4. The Balaban J connectivity index is 0.000000696. The summed E-state index contributed by atoms with van der Waals surface area (Å²) >= 11 is 0. The van der Waals surface area contributed by atoms with E-state index in [1.54, 1.807) is 0 Å². The van der Waals surface area contributed by atoms with Crippen molar-refractivity contribution in [1.29, 1.82) is 0 Å². The van der Waals surface area contributed by atoms with Gasteiger partial charge in [0.15, 0.2) is 16.6 Å². The lowest BCUT2D eigenvalue weighted by Crippen LogP contribution is -2.64. The maximum absolute atomic E-state index is 6.52. The Kier molecular flexibility index (Phi) is 14.8. The molecule has 0 amide bonds. The van der Waals surface area contributed by atoms with E-state index in [1.807, 2.05) is 0 Å². The average molecular weight is 631 g/mol. The van der Waals surface area contributed by atoms with Crippen LogP contribution < -0.4 is 0 Å². The minimum atomic E-state index is -2.11. The van der Waals surface area contributed by atoms with Crippen LogP contribution in [0.25, 0.3) is 0 Å². The van der Waals surface area contributed by atoms with Crippen LogP contribution in [0.4, 0.5) is 0 Å². The summed E-state index contributed by atoms with van der Waals surface area (Å²) in [7, 11) is -13.4. The van der Waals surface area contributed by atoms with Crippen molar-refractivity contribution in [2.75, 3.05) is 0 Å². The normalized spacial score (nSPS) is 21.7. The highest BCUT2D eigenvalue weighted by molar-refractivity contribution is 6.92. The van der Waals surface area contributed by atoms with Crippen molar-refractivity contribution in [3.8, 4) is 0 Å². The molecule has 36 heavy (non-hydrogen) atoms. The summed E-state index contributed by atoms with van der Waals surface area (Å²) in [4.78, 5) is 0. The van der Waals surface area contributed by atoms with Gasteiger partial charge in [0, 0.05) is 0 Å². The van der Waals surface area contributed by atoms with Gasteiger partial charge in [0.05, 0.1) is 0 Å². The van der Waals surface area contributed by atoms with Crippen LogP contribution in [0.2, 0.25) is 104 Å². The van der Waals surface area contributed by atoms with Gasteiger partial charge >= 0.3 is 42.8 Å². The molecule has 1 heterocycles. The number of rotatable bonds is 11. The maximum Gasteiger partial charge on any atom is 0.314 e. The fraction of sp³-hybridized carbons (Fsp3) is 1.00. The fourth-order valence-corrected chi connectivity index (χ4v) is 39.6. The highest BCUT2D eigenvalue weighted by Crippen LogP contribution is 2.30. The van der Waals surface area contributed by atoms with Crippen LogP contribution in [-0.4, -0.2) is 59.4 Å². The molecule has 0 aliphatic carbocycles. The van der Waals surface area contributed by atoms with Crippen molar-refractivity contribution in [3.63, 3.8) is 0 Å². The van der Waals surface area contributed by atoms with E-state index in [4.69, 9.17) is 24.7 Å². The van der Waals surface area contributed by atoms with E-state index >= 15 is 0 Å². The Bertz CT molecular complexity index is 577. The second-order valence-electron chi connectivity index (χ2n) is 14.0. The molecule has 0 atom stereocenters. The van der Waals surface area contributed by atoms with Gasteiger partial charge in [0.2, 0.25) is 0 Å². The van der Waals surface area contributed by atoms with E-state index in [0.29, 0.717) is 0 Å². The lowest BCUT2D eigenvalue weighted by atomic mass is 10.1. The van der Waals surface area contributed by atoms with Crippen LogP contribution in [0.5, 0.6) is 0 Å². The van der Waals surface area contributed by atoms with E-state index < -0.39 is 59.4 Å². The summed E-state index contributed by atoms with van der Waals surface area (Å²) in [5.74, 6) is 0. The van der Waals surface area contributed by atoms with Crippen molar-refractivity contribution in [1.82, 2.24) is 0 Å². The minimum absolute atomic E-state index is 1.28. The van der Waals surface area contributed by atoms with Crippen molar-refractivity contribution in [3.05, 3.63) is 0 Å². The molecule has 1 aliphatic rings. The predicted octanol–water partition coefficient (Wildman–Crippen LogP) is 9.00. The zero-order valence-electron chi connectivity index (χ0n) is 26.9. The molecule has 0 unspecified atom stereocenters. The molecule has 0 aromatic carbocycles. The quantitative estimate of drug-likeness (QED) is 0.168. The topological polar surface area (TPSA) is 55.4 Å². The zero-order valence-corrected chi connectivity index (χ0v) is 33.9. The standard InChI is InChI=1S/C15H38O2Si3.C8H24O4Si4/c1-9-10-11-12-13-14-15-19(5,6)17-20(7,8)16-18(2,3)4;1-13(2)9-14(3,4)11-16(7,8)12-15(5,6)10-13/h9-15H2,1-8H3;1-8H3. The number of unbranched alkanes of at least 4 members (excludes halogenated alkanes) is 5. The van der Waals surface area contributed by atoms with Crippen LogP contribution in [0.1, 0.15) is 45.4 Å². The number of hydrogen-bond donors (Lipinski definition) is 0. The summed E-state index contributed by atoms with van der Waals surface area (Å²) in [6, 6.07) is 1.28. The Hall–Kier alpha value is 1.28. The van der Waals surface area contributed by atoms with Gasteiger partial charge in [-0.05, 0) is 104 Å². The first-order valence-electron chi connectivity index (χ1n) is 14.0. The lowest BCUT2D eigenvalue weighted by molar-refractivity contribution is 0.238. The van der Waals surface area contributed by atoms with Gasteiger partial charge in [-0.1, -0.05) is 45.4 Å². The smallest absolute Gasteiger partial charge is 0.314 e. The SMILES string of the molecule is CCCCCCCC[Si](C)(C)O[Si](C)(C)O[Si](C)(C)C.C[Si]1(C)O[Si](C)(C)O[Si](C)(C)O[Si](C)(C)O1. The van der Waals surface area contributed by atoms with E-state index in [2.05, 4.69) is 105 Å². The Morgan fingerprint density at radius 2 is 0.833 bits per heavy atom. The van der Waals surface area contributed by atoms with Crippen LogP contribution in [0, 0.1) is 0 Å². The predicted molar refractivity (Wildman–Crippen MR) is 173 cm³/mol. The van der Waals surface area contributed by atoms with Crippen LogP contribution in [0.15, 0.2) is 0 Å². The molecule has 0 aromatic rings. The Morgan fingerprint density at radius 3 is 1.17 bits per heavy atom. The van der Waals surface area contributed by atoms with E-state index in [0.717, 1.165) is 0 Å². The summed E-state index contributed by atoms with van der Waals surface area (Å²) in [5.41, 5.74) is 0. The van der Waals surface area contributed by atoms with Gasteiger partial charge in [-0.25, -0.2) is 0 Å². The maximum atomic E-state index is 6.52. The molecule has 1 saturated heterocycles. The van der Waals surface area contributed by atoms with Gasteiger partial charge in [-0.15, -0.1) is 0 Å². The minimum Gasteiger partial charge on any atom is -0.437 e. The zero-order chi connectivity index (χ0) is 28.7. The Morgan fingerprint density at radius 1 is 0.500 bits per heavy atom. The summed E-state index contributed by atoms with van der Waals surface area (Å²) in [6.07, 6.45) is 8.22. The monoisotopic (exact) mass is 630 g/mol. The van der Waals surface area contributed by atoms with Crippen LogP contribution >= 0.6 is 0 Å². The summed E-state index contributed by atoms with van der Waals surface area (Å²) in [6.45, 7) is 34.8. The van der Waals surface area contributed by atoms with Crippen LogP contribution in [-0.2, 0) is 24.7 Å². The molecule has 0 saturated carbocycles. The average Bonchev–Trinajstić information content (AvgIpc) is 2.49. The molecule has 0 spiro atoms. The fourth-order valence-electron chi connectivity index (χ4n) is 5.26. The first kappa shape index (κ1) is 37.3. The molecule has 0 bridgehead atoms. The first-order chi connectivity index (χ1) is 15.8. The second kappa shape index (κ2) is 14.3. The second-order valence-corrected chi connectivity index (χ2v) is 41.1. The van der Waals surface area contributed by atoms with Gasteiger partial charge < -0.3 is 24.7 Å². The van der Waals surface area contributed by atoms with Gasteiger partial charge in [-0.3, -0.25) is 0 Å². The third-order valence-electron chi connectivity index (χ3n) is 5.17. The molecule has 0 N–H and O–H groups in total. The largest absolute Gasteiger partial charge is 0.437 e. The first-order valence-corrected chi connectivity index (χ1v) is 34.6. The van der Waals surface area contributed by atoms with Crippen molar-refractivity contribution < 1.29 is 24.7 Å². The van der Waals surface area contributed by atoms with Crippen molar-refractivity contribution >= 4 is 59.4 Å². The molecule has 1 fully saturated rings. The molecule has 1 aliphatic heterocycles. The van der Waals surface area contributed by atoms with Gasteiger partial charge in [0.1, 0.15) is 0 Å². The molecule has 1 rings (SSSR count). The molecule has 0 aromatic heterocycles. The van der Waals surface area contributed by atoms with E-state index in [-0.39, 0.29) is 0 Å². The van der Waals surface area contributed by atoms with Crippen LogP contribution in [0.3, 0.4) is 0 Å². The van der Waals surface area contributed by atoms with Gasteiger partial charge in [0.25, 0.3) is 0 Å². The van der Waals surface area contributed by atoms with E-state index in [9.17, 15) is 0 Å². The van der Waals surface area contributed by atoms with Gasteiger partial charge in [-0.2, -0.15) is 0 Å². The molecule has 0 radical (unpaired) electrons. The molecular weight excluding hydrogens is 569 g/mol.